The standard InChI is InChI=1S/C14H9F6PS2/c15-13(16,17)9-3-1-5-11(7-9)21(22,23)12-6-2-4-10(8-12)14(18,19)20/h1-8H,(H,22,23). The van der Waals surface area contributed by atoms with Gasteiger partial charge in [0.1, 0.15) is 0 Å². The van der Waals surface area contributed by atoms with E-state index in [-0.39, 0.29) is 10.6 Å². The molecule has 0 spiro atoms. The molecule has 0 aliphatic rings. The molecule has 0 bridgehead atoms. The van der Waals surface area contributed by atoms with E-state index in [2.05, 4.69) is 12.2 Å². The third kappa shape index (κ3) is 4.11. The SMILES string of the molecule is FC(F)(F)c1cccc(P(=S)(S)c2cccc(C(F)(F)F)c2)c1. The highest BCUT2D eigenvalue weighted by Gasteiger charge is 2.33. The minimum Gasteiger partial charge on any atom is -0.166 e. The molecule has 9 heteroatoms. The molecule has 2 aromatic carbocycles. The van der Waals surface area contributed by atoms with E-state index in [4.69, 9.17) is 11.8 Å². The molecule has 0 saturated carbocycles. The summed E-state index contributed by atoms with van der Waals surface area (Å²) in [5, 5.41) is -2.89. The molecule has 0 amide bonds. The van der Waals surface area contributed by atoms with Crippen LogP contribution in [0.4, 0.5) is 26.3 Å². The smallest absolute Gasteiger partial charge is 0.166 e. The minimum absolute atomic E-state index is 0.0879. The average molecular weight is 386 g/mol. The molecule has 0 heterocycles. The fourth-order valence-electron chi connectivity index (χ4n) is 1.89. The fourth-order valence-corrected chi connectivity index (χ4v) is 4.82. The van der Waals surface area contributed by atoms with E-state index in [0.717, 1.165) is 24.3 Å². The van der Waals surface area contributed by atoms with Gasteiger partial charge in [-0.2, -0.15) is 26.3 Å². The van der Waals surface area contributed by atoms with Gasteiger partial charge < -0.3 is 0 Å². The van der Waals surface area contributed by atoms with Crippen LogP contribution in [0.1, 0.15) is 11.1 Å². The van der Waals surface area contributed by atoms with Gasteiger partial charge >= 0.3 is 12.4 Å². The molecule has 0 N–H and O–H groups in total. The van der Waals surface area contributed by atoms with Crippen LogP contribution < -0.4 is 10.6 Å². The second-order valence-electron chi connectivity index (χ2n) is 4.67. The van der Waals surface area contributed by atoms with Gasteiger partial charge in [0.05, 0.1) is 16.4 Å². The van der Waals surface area contributed by atoms with Crippen molar-refractivity contribution < 1.29 is 26.3 Å². The lowest BCUT2D eigenvalue weighted by Crippen LogP contribution is -2.17. The minimum atomic E-state index is -4.56. The van der Waals surface area contributed by atoms with E-state index in [0.29, 0.717) is 0 Å². The number of halogens is 6. The van der Waals surface area contributed by atoms with Gasteiger partial charge in [-0.1, -0.05) is 36.1 Å². The summed E-state index contributed by atoms with van der Waals surface area (Å²) in [6.45, 7) is 0. The first-order valence-electron chi connectivity index (χ1n) is 6.11. The number of benzene rings is 2. The Balaban J connectivity index is 2.53. The lowest BCUT2D eigenvalue weighted by Gasteiger charge is -2.19. The Hall–Kier alpha value is -0.980. The largest absolute Gasteiger partial charge is 0.416 e. The van der Waals surface area contributed by atoms with Crippen molar-refractivity contribution in [3.63, 3.8) is 0 Å². The van der Waals surface area contributed by atoms with Crippen LogP contribution in [0, 0.1) is 0 Å². The summed E-state index contributed by atoms with van der Waals surface area (Å²) in [6.07, 6.45) is -9.13. The van der Waals surface area contributed by atoms with E-state index in [9.17, 15) is 26.3 Å². The maximum Gasteiger partial charge on any atom is 0.416 e. The van der Waals surface area contributed by atoms with E-state index < -0.39 is 28.7 Å². The molecule has 2 aromatic rings. The first-order valence-corrected chi connectivity index (χ1v) is 10.1. The molecule has 0 atom stereocenters. The molecule has 0 unspecified atom stereocenters. The van der Waals surface area contributed by atoms with Crippen molar-refractivity contribution in [1.29, 1.82) is 0 Å². The highest BCUT2D eigenvalue weighted by Crippen LogP contribution is 2.49. The molecule has 0 aromatic heterocycles. The topological polar surface area (TPSA) is 0 Å². The molecular formula is C14H9F6PS2. The Bertz CT molecular complexity index is 705. The van der Waals surface area contributed by atoms with Crippen LogP contribution in [0.3, 0.4) is 0 Å². The Labute approximate surface area is 138 Å². The maximum absolute atomic E-state index is 12.8. The first-order chi connectivity index (χ1) is 10.4. The lowest BCUT2D eigenvalue weighted by molar-refractivity contribution is -0.138. The highest BCUT2D eigenvalue weighted by atomic mass is 32.9. The second kappa shape index (κ2) is 6.15. The molecular weight excluding hydrogens is 377 g/mol. The van der Waals surface area contributed by atoms with Gasteiger partial charge in [-0.05, 0) is 34.9 Å². The molecule has 23 heavy (non-hydrogen) atoms. The van der Waals surface area contributed by atoms with Gasteiger partial charge in [-0.15, -0.1) is 12.2 Å². The maximum atomic E-state index is 12.8. The quantitative estimate of drug-likeness (QED) is 0.431. The van der Waals surface area contributed by atoms with Gasteiger partial charge in [-0.25, -0.2) is 0 Å². The third-order valence-electron chi connectivity index (χ3n) is 3.05. The molecule has 0 aliphatic carbocycles. The van der Waals surface area contributed by atoms with Gasteiger partial charge in [0.25, 0.3) is 0 Å². The van der Waals surface area contributed by atoms with Crippen molar-refractivity contribution in [2.45, 2.75) is 12.4 Å². The van der Waals surface area contributed by atoms with Crippen LogP contribution in [0.5, 0.6) is 0 Å². The summed E-state index contributed by atoms with van der Waals surface area (Å²) in [7, 11) is 0. The monoisotopic (exact) mass is 386 g/mol. The van der Waals surface area contributed by atoms with Crippen molar-refractivity contribution in [3.05, 3.63) is 59.7 Å². The van der Waals surface area contributed by atoms with Crippen molar-refractivity contribution in [1.82, 2.24) is 0 Å². The lowest BCUT2D eigenvalue weighted by atomic mass is 10.2. The van der Waals surface area contributed by atoms with Crippen LogP contribution in [-0.2, 0) is 24.2 Å². The summed E-state index contributed by atoms with van der Waals surface area (Å²) in [5.41, 5.74) is -1.82. The van der Waals surface area contributed by atoms with E-state index in [1.54, 1.807) is 0 Å². The number of hydrogen-bond acceptors (Lipinski definition) is 1. The van der Waals surface area contributed by atoms with Gasteiger partial charge in [-0.3, -0.25) is 0 Å². The molecule has 0 fully saturated rings. The van der Waals surface area contributed by atoms with Crippen molar-refractivity contribution in [3.8, 4) is 0 Å². The van der Waals surface area contributed by atoms with Gasteiger partial charge in [0.15, 0.2) is 0 Å². The van der Waals surface area contributed by atoms with E-state index >= 15 is 0 Å². The Morgan fingerprint density at radius 2 is 1.09 bits per heavy atom. The molecule has 0 saturated heterocycles. The third-order valence-corrected chi connectivity index (χ3v) is 7.65. The highest BCUT2D eigenvalue weighted by molar-refractivity contribution is 8.68. The molecule has 124 valence electrons. The van der Waals surface area contributed by atoms with Crippen molar-refractivity contribution >= 4 is 39.9 Å². The summed E-state index contributed by atoms with van der Waals surface area (Å²) in [4.78, 5) is 0. The Morgan fingerprint density at radius 3 is 1.39 bits per heavy atom. The molecule has 0 radical (unpaired) electrons. The summed E-state index contributed by atoms with van der Waals surface area (Å²) >= 11 is 9.52. The van der Waals surface area contributed by atoms with E-state index in [1.165, 1.54) is 24.3 Å². The predicted molar refractivity (Wildman–Crippen MR) is 85.4 cm³/mol. The van der Waals surface area contributed by atoms with Crippen molar-refractivity contribution in [2.24, 2.45) is 0 Å². The van der Waals surface area contributed by atoms with Crippen LogP contribution in [0.15, 0.2) is 48.5 Å². The fraction of sp³-hybridized carbons (Fsp3) is 0.143. The number of thiol groups is 1. The zero-order valence-corrected chi connectivity index (χ0v) is 13.8. The second-order valence-corrected chi connectivity index (χ2v) is 11.1. The molecule has 0 aliphatic heterocycles. The predicted octanol–water partition coefficient (Wildman–Crippen LogP) is 5.00. The van der Waals surface area contributed by atoms with Crippen LogP contribution in [0.2, 0.25) is 0 Å². The number of hydrogen-bond donors (Lipinski definition) is 1. The van der Waals surface area contributed by atoms with Gasteiger partial charge in [0.2, 0.25) is 0 Å². The normalized spacial score (nSPS) is 13.2. The zero-order valence-electron chi connectivity index (χ0n) is 11.2. The van der Waals surface area contributed by atoms with Crippen molar-refractivity contribution in [2.75, 3.05) is 0 Å². The Morgan fingerprint density at radius 1 is 0.739 bits per heavy atom. The summed E-state index contributed by atoms with van der Waals surface area (Å²) in [5.74, 6) is 0. The van der Waals surface area contributed by atoms with E-state index in [1.807, 2.05) is 0 Å². The van der Waals surface area contributed by atoms with Crippen LogP contribution in [-0.4, -0.2) is 0 Å². The van der Waals surface area contributed by atoms with Crippen LogP contribution in [0.25, 0.3) is 0 Å². The zero-order chi connectivity index (χ0) is 17.5. The first kappa shape index (κ1) is 18.4. The molecule has 0 nitrogen and oxygen atoms in total. The van der Waals surface area contributed by atoms with Crippen LogP contribution >= 0.6 is 17.5 Å². The molecule has 2 rings (SSSR count). The average Bonchev–Trinajstić information content (AvgIpc) is 2.46. The Kier molecular flexibility index (Phi) is 4.91. The summed E-state index contributed by atoms with van der Waals surface area (Å²) < 4.78 is 76.7. The van der Waals surface area contributed by atoms with Gasteiger partial charge in [0, 0.05) is 0 Å². The summed E-state index contributed by atoms with van der Waals surface area (Å²) in [6, 6.07) is 8.47. The number of alkyl halides is 6. The number of rotatable bonds is 2.